The van der Waals surface area contributed by atoms with Crippen LogP contribution in [0.2, 0.25) is 0 Å². The highest BCUT2D eigenvalue weighted by molar-refractivity contribution is 5.81. The number of nitrogens with zero attached hydrogens (tertiary/aromatic N) is 4. The van der Waals surface area contributed by atoms with Gasteiger partial charge >= 0.3 is 6.09 Å². The predicted molar refractivity (Wildman–Crippen MR) is 140 cm³/mol. The molecule has 2 atom stereocenters. The number of hydrogen-bond acceptors (Lipinski definition) is 6. The summed E-state index contributed by atoms with van der Waals surface area (Å²) in [5.74, 6) is 0.399. The minimum absolute atomic E-state index is 0.0664. The molecule has 0 unspecified atom stereocenters. The SMILES string of the molecule is C[C@@H](OCc1ccccc1)[C@@H](NC(=O)C(C)(C)C)c1nnc2cccc(COC(=O)N3CCCCC3)n12. The van der Waals surface area contributed by atoms with E-state index in [1.807, 2.05) is 80.6 Å². The van der Waals surface area contributed by atoms with Crippen LogP contribution < -0.4 is 5.32 Å². The van der Waals surface area contributed by atoms with Gasteiger partial charge in [0, 0.05) is 18.5 Å². The van der Waals surface area contributed by atoms with Crippen LogP contribution in [0.4, 0.5) is 4.79 Å². The Hall–Kier alpha value is -3.46. The largest absolute Gasteiger partial charge is 0.443 e. The summed E-state index contributed by atoms with van der Waals surface area (Å²) >= 11 is 0. The number of nitrogens with one attached hydrogen (secondary N) is 1. The molecule has 2 amide bonds. The highest BCUT2D eigenvalue weighted by atomic mass is 16.6. The molecule has 1 aliphatic rings. The van der Waals surface area contributed by atoms with E-state index >= 15 is 0 Å². The van der Waals surface area contributed by atoms with Crippen molar-refractivity contribution in [1.82, 2.24) is 24.8 Å². The summed E-state index contributed by atoms with van der Waals surface area (Å²) in [6.07, 6.45) is 2.40. The van der Waals surface area contributed by atoms with Gasteiger partial charge in [-0.1, -0.05) is 57.2 Å². The van der Waals surface area contributed by atoms with Crippen molar-refractivity contribution in [3.8, 4) is 0 Å². The smallest absolute Gasteiger partial charge is 0.410 e. The molecular formula is C28H37N5O4. The zero-order valence-electron chi connectivity index (χ0n) is 22.1. The van der Waals surface area contributed by atoms with Crippen molar-refractivity contribution in [2.45, 2.75) is 72.3 Å². The van der Waals surface area contributed by atoms with Crippen LogP contribution in [0.15, 0.2) is 48.5 Å². The van der Waals surface area contributed by atoms with Gasteiger partial charge in [-0.25, -0.2) is 4.79 Å². The first kappa shape index (κ1) is 26.6. The molecule has 4 rings (SSSR count). The number of fused-ring (bicyclic) bond motifs is 1. The van der Waals surface area contributed by atoms with Crippen molar-refractivity contribution in [2.24, 2.45) is 5.41 Å². The molecule has 3 heterocycles. The number of aromatic nitrogens is 3. The number of carbonyl (C=O) groups is 2. The summed E-state index contributed by atoms with van der Waals surface area (Å²) < 4.78 is 13.7. The average molecular weight is 508 g/mol. The van der Waals surface area contributed by atoms with E-state index in [1.54, 1.807) is 4.90 Å². The average Bonchev–Trinajstić information content (AvgIpc) is 3.34. The molecule has 0 radical (unpaired) electrons. The van der Waals surface area contributed by atoms with Crippen molar-refractivity contribution >= 4 is 17.6 Å². The summed E-state index contributed by atoms with van der Waals surface area (Å²) in [6, 6.07) is 14.9. The Bertz CT molecular complexity index is 1200. The first-order chi connectivity index (χ1) is 17.7. The Morgan fingerprint density at radius 1 is 0.973 bits per heavy atom. The maximum atomic E-state index is 13.1. The van der Waals surface area contributed by atoms with E-state index in [1.165, 1.54) is 0 Å². The lowest BCUT2D eigenvalue weighted by atomic mass is 9.94. The molecule has 1 N–H and O–H groups in total. The van der Waals surface area contributed by atoms with Crippen LogP contribution in [0, 0.1) is 5.41 Å². The van der Waals surface area contributed by atoms with Crippen LogP contribution in [0.5, 0.6) is 0 Å². The summed E-state index contributed by atoms with van der Waals surface area (Å²) in [6.45, 7) is 9.40. The van der Waals surface area contributed by atoms with Crippen LogP contribution >= 0.6 is 0 Å². The van der Waals surface area contributed by atoms with E-state index in [9.17, 15) is 9.59 Å². The fourth-order valence-corrected chi connectivity index (χ4v) is 4.30. The van der Waals surface area contributed by atoms with E-state index < -0.39 is 17.6 Å². The molecule has 9 nitrogen and oxygen atoms in total. The molecule has 3 aromatic rings. The molecule has 198 valence electrons. The monoisotopic (exact) mass is 507 g/mol. The van der Waals surface area contributed by atoms with Crippen molar-refractivity contribution in [1.29, 1.82) is 0 Å². The molecule has 9 heteroatoms. The second kappa shape index (κ2) is 11.7. The molecule has 1 fully saturated rings. The van der Waals surface area contributed by atoms with Crippen molar-refractivity contribution < 1.29 is 19.1 Å². The van der Waals surface area contributed by atoms with Gasteiger partial charge in [-0.3, -0.25) is 9.20 Å². The molecule has 0 aliphatic carbocycles. The fraction of sp³-hybridized carbons (Fsp3) is 0.500. The molecule has 0 spiro atoms. The highest BCUT2D eigenvalue weighted by Gasteiger charge is 2.32. The maximum absolute atomic E-state index is 13.1. The van der Waals surface area contributed by atoms with E-state index in [0.29, 0.717) is 23.8 Å². The van der Waals surface area contributed by atoms with Crippen LogP contribution in [0.3, 0.4) is 0 Å². The first-order valence-corrected chi connectivity index (χ1v) is 12.9. The molecule has 1 aliphatic heterocycles. The van der Waals surface area contributed by atoms with E-state index in [2.05, 4.69) is 15.5 Å². The van der Waals surface area contributed by atoms with Gasteiger partial charge in [0.1, 0.15) is 12.6 Å². The zero-order valence-corrected chi connectivity index (χ0v) is 22.1. The minimum atomic E-state index is -0.606. The normalized spacial score (nSPS) is 15.8. The number of hydrogen-bond donors (Lipinski definition) is 1. The third kappa shape index (κ3) is 6.65. The molecular weight excluding hydrogens is 470 g/mol. The Morgan fingerprint density at radius 3 is 2.41 bits per heavy atom. The van der Waals surface area contributed by atoms with Crippen molar-refractivity contribution in [2.75, 3.05) is 13.1 Å². The lowest BCUT2D eigenvalue weighted by Gasteiger charge is -2.28. The lowest BCUT2D eigenvalue weighted by molar-refractivity contribution is -0.130. The van der Waals surface area contributed by atoms with Gasteiger partial charge in [-0.05, 0) is 43.9 Å². The van der Waals surface area contributed by atoms with Gasteiger partial charge < -0.3 is 19.7 Å². The third-order valence-corrected chi connectivity index (χ3v) is 6.56. The second-order valence-corrected chi connectivity index (χ2v) is 10.6. The summed E-state index contributed by atoms with van der Waals surface area (Å²) in [7, 11) is 0. The second-order valence-electron chi connectivity index (χ2n) is 10.6. The van der Waals surface area contributed by atoms with E-state index in [0.717, 1.165) is 37.9 Å². The Morgan fingerprint density at radius 2 is 1.70 bits per heavy atom. The summed E-state index contributed by atoms with van der Waals surface area (Å²) in [4.78, 5) is 27.4. The highest BCUT2D eigenvalue weighted by Crippen LogP contribution is 2.24. The number of amides is 2. The Labute approximate surface area is 218 Å². The fourth-order valence-electron chi connectivity index (χ4n) is 4.30. The van der Waals surface area contributed by atoms with Crippen LogP contribution in [0.25, 0.3) is 5.65 Å². The van der Waals surface area contributed by atoms with E-state index in [-0.39, 0.29) is 18.6 Å². The molecule has 1 aromatic carbocycles. The number of ether oxygens (including phenoxy) is 2. The lowest BCUT2D eigenvalue weighted by Crippen LogP contribution is -2.43. The summed E-state index contributed by atoms with van der Waals surface area (Å²) in [5.41, 5.74) is 1.75. The third-order valence-electron chi connectivity index (χ3n) is 6.56. The molecule has 0 bridgehead atoms. The van der Waals surface area contributed by atoms with Gasteiger partial charge in [0.15, 0.2) is 11.5 Å². The van der Waals surface area contributed by atoms with E-state index in [4.69, 9.17) is 9.47 Å². The van der Waals surface area contributed by atoms with Gasteiger partial charge in [0.2, 0.25) is 5.91 Å². The first-order valence-electron chi connectivity index (χ1n) is 12.9. The van der Waals surface area contributed by atoms with Crippen LogP contribution in [0.1, 0.15) is 70.1 Å². The van der Waals surface area contributed by atoms with Gasteiger partial charge in [-0.15, -0.1) is 10.2 Å². The van der Waals surface area contributed by atoms with Gasteiger partial charge in [0.05, 0.1) is 18.4 Å². The number of carbonyl (C=O) groups excluding carboxylic acids is 2. The number of likely N-dealkylation sites (tertiary alicyclic amines) is 1. The maximum Gasteiger partial charge on any atom is 0.410 e. The Kier molecular flexibility index (Phi) is 8.43. The number of rotatable bonds is 8. The predicted octanol–water partition coefficient (Wildman–Crippen LogP) is 4.66. The number of pyridine rings is 1. The van der Waals surface area contributed by atoms with Crippen molar-refractivity contribution in [3.05, 3.63) is 65.6 Å². The number of benzene rings is 1. The number of piperidine rings is 1. The molecule has 0 saturated carbocycles. The zero-order chi connectivity index (χ0) is 26.4. The van der Waals surface area contributed by atoms with Crippen molar-refractivity contribution in [3.63, 3.8) is 0 Å². The standard InChI is InChI=1S/C28H37N5O4/c1-20(36-18-21-12-7-5-8-13-21)24(29-26(34)28(2,3)4)25-31-30-23-15-11-14-22(33(23)25)19-37-27(35)32-16-9-6-10-17-32/h5,7-8,11-15,20,24H,6,9-10,16-19H2,1-4H3,(H,29,34)/t20-,24-/m1/s1. The van der Waals surface area contributed by atoms with Gasteiger partial charge in [0.25, 0.3) is 0 Å². The van der Waals surface area contributed by atoms with Gasteiger partial charge in [-0.2, -0.15) is 0 Å². The molecule has 2 aromatic heterocycles. The minimum Gasteiger partial charge on any atom is -0.443 e. The topological polar surface area (TPSA) is 98.1 Å². The van der Waals surface area contributed by atoms with Crippen LogP contribution in [-0.4, -0.2) is 50.7 Å². The Balaban J connectivity index is 1.60. The summed E-state index contributed by atoms with van der Waals surface area (Å²) in [5, 5.41) is 11.9. The molecule has 37 heavy (non-hydrogen) atoms. The molecule has 1 saturated heterocycles. The van der Waals surface area contributed by atoms with Crippen LogP contribution in [-0.2, 0) is 27.5 Å². The quantitative estimate of drug-likeness (QED) is 0.476.